The number of hydrogen-bond acceptors (Lipinski definition) is 2. The van der Waals surface area contributed by atoms with E-state index in [-0.39, 0.29) is 36.3 Å². The number of carbonyl (C=O) groups excluding carboxylic acids is 1. The van der Waals surface area contributed by atoms with Gasteiger partial charge in [-0.15, -0.1) is 0 Å². The average Bonchev–Trinajstić information content (AvgIpc) is 2.65. The first kappa shape index (κ1) is 7.03. The number of hydrogen-bond donors (Lipinski definition) is 2. The molecule has 1 aliphatic heterocycles. The van der Waals surface area contributed by atoms with Crippen LogP contribution in [0.25, 0.3) is 0 Å². The molecule has 3 nitrogen and oxygen atoms in total. The van der Waals surface area contributed by atoms with Crippen LogP contribution >= 0.6 is 0 Å². The number of nitrogens with one attached hydrogen (secondary N) is 1. The minimum Gasteiger partial charge on any atom is -0.394 e. The Kier molecular flexibility index (Phi) is 1.39. The van der Waals surface area contributed by atoms with Gasteiger partial charge < -0.3 is 10.4 Å². The molecule has 4 unspecified atom stereocenters. The van der Waals surface area contributed by atoms with Gasteiger partial charge in [-0.1, -0.05) is 0 Å². The summed E-state index contributed by atoms with van der Waals surface area (Å²) in [4.78, 5) is 11.0. The Balaban J connectivity index is 2.06. The third kappa shape index (κ3) is 0.788. The van der Waals surface area contributed by atoms with Crippen molar-refractivity contribution < 1.29 is 14.3 Å². The molecule has 4 heteroatoms. The van der Waals surface area contributed by atoms with E-state index in [1.807, 2.05) is 0 Å². The summed E-state index contributed by atoms with van der Waals surface area (Å²) >= 11 is 0. The molecule has 0 aromatic rings. The molecule has 2 aliphatic rings. The number of aliphatic hydroxyl groups excluding tert-OH is 1. The standard InChI is InChI=1S/C7H10FNO2/c8-1-3-5-4(2-10)9-7(11)6(3)5/h3-6,10H,1-2H2,(H,9,11). The highest BCUT2D eigenvalue weighted by Crippen LogP contribution is 2.52. The smallest absolute Gasteiger partial charge is 0.224 e. The molecule has 0 spiro atoms. The molecule has 62 valence electrons. The van der Waals surface area contributed by atoms with Gasteiger partial charge in [-0.2, -0.15) is 0 Å². The van der Waals surface area contributed by atoms with Crippen LogP contribution in [0, 0.1) is 17.8 Å². The highest BCUT2D eigenvalue weighted by atomic mass is 19.1. The minimum absolute atomic E-state index is 0.0661. The van der Waals surface area contributed by atoms with Gasteiger partial charge in [0.05, 0.1) is 19.3 Å². The molecule has 2 rings (SSSR count). The lowest BCUT2D eigenvalue weighted by atomic mass is 10.2. The van der Waals surface area contributed by atoms with Gasteiger partial charge in [0, 0.05) is 11.8 Å². The Morgan fingerprint density at radius 1 is 1.64 bits per heavy atom. The fourth-order valence-corrected chi connectivity index (χ4v) is 2.06. The third-order valence-electron chi connectivity index (χ3n) is 2.70. The SMILES string of the molecule is O=C1NC(CO)C2C(CF)C12. The number of fused-ring (bicyclic) bond motifs is 1. The van der Waals surface area contributed by atoms with Crippen LogP contribution in [0.2, 0.25) is 0 Å². The van der Waals surface area contributed by atoms with Gasteiger partial charge in [0.1, 0.15) is 0 Å². The molecular formula is C7H10FNO2. The predicted octanol–water partition coefficient (Wildman–Crippen LogP) is -0.691. The fraction of sp³-hybridized carbons (Fsp3) is 0.857. The first-order chi connectivity index (χ1) is 5.29. The molecule has 1 saturated heterocycles. The van der Waals surface area contributed by atoms with Gasteiger partial charge in [-0.3, -0.25) is 9.18 Å². The van der Waals surface area contributed by atoms with Crippen molar-refractivity contribution in [3.63, 3.8) is 0 Å². The van der Waals surface area contributed by atoms with E-state index in [1.54, 1.807) is 0 Å². The van der Waals surface area contributed by atoms with E-state index in [4.69, 9.17) is 5.11 Å². The second-order valence-corrected chi connectivity index (χ2v) is 3.22. The van der Waals surface area contributed by atoms with Crippen molar-refractivity contribution in [1.29, 1.82) is 0 Å². The molecule has 4 atom stereocenters. The molecule has 1 aliphatic carbocycles. The van der Waals surface area contributed by atoms with E-state index in [0.29, 0.717) is 0 Å². The van der Waals surface area contributed by atoms with Crippen LogP contribution in [-0.4, -0.2) is 30.3 Å². The van der Waals surface area contributed by atoms with Gasteiger partial charge in [-0.25, -0.2) is 0 Å². The third-order valence-corrected chi connectivity index (χ3v) is 2.70. The van der Waals surface area contributed by atoms with Gasteiger partial charge in [0.15, 0.2) is 0 Å². The summed E-state index contributed by atoms with van der Waals surface area (Å²) in [5.41, 5.74) is 0. The number of carbonyl (C=O) groups is 1. The summed E-state index contributed by atoms with van der Waals surface area (Å²) in [6, 6.07) is -0.187. The van der Waals surface area contributed by atoms with Crippen molar-refractivity contribution in [3.8, 4) is 0 Å². The van der Waals surface area contributed by atoms with Crippen LogP contribution in [0.4, 0.5) is 4.39 Å². The van der Waals surface area contributed by atoms with E-state index < -0.39 is 6.67 Å². The van der Waals surface area contributed by atoms with Crippen LogP contribution in [-0.2, 0) is 4.79 Å². The van der Waals surface area contributed by atoms with Gasteiger partial charge in [0.25, 0.3) is 0 Å². The van der Waals surface area contributed by atoms with Crippen molar-refractivity contribution in [1.82, 2.24) is 5.32 Å². The number of aliphatic hydroxyl groups is 1. The number of amides is 1. The van der Waals surface area contributed by atoms with E-state index in [9.17, 15) is 9.18 Å². The Morgan fingerprint density at radius 3 is 2.82 bits per heavy atom. The van der Waals surface area contributed by atoms with Crippen molar-refractivity contribution in [2.45, 2.75) is 6.04 Å². The predicted molar refractivity (Wildman–Crippen MR) is 35.5 cm³/mol. The number of rotatable bonds is 2. The maximum absolute atomic E-state index is 12.1. The van der Waals surface area contributed by atoms with E-state index in [1.165, 1.54) is 0 Å². The Labute approximate surface area is 63.6 Å². The van der Waals surface area contributed by atoms with Crippen molar-refractivity contribution >= 4 is 5.91 Å². The molecule has 2 fully saturated rings. The first-order valence-electron chi connectivity index (χ1n) is 3.76. The van der Waals surface area contributed by atoms with Gasteiger partial charge in [0.2, 0.25) is 5.91 Å². The summed E-state index contributed by atoms with van der Waals surface area (Å²) in [5.74, 6) is -0.271. The summed E-state index contributed by atoms with van der Waals surface area (Å²) in [5, 5.41) is 11.4. The lowest BCUT2D eigenvalue weighted by molar-refractivity contribution is -0.121. The second kappa shape index (κ2) is 2.17. The van der Waals surface area contributed by atoms with Gasteiger partial charge in [-0.05, 0) is 5.92 Å². The molecule has 1 saturated carbocycles. The van der Waals surface area contributed by atoms with Crippen LogP contribution in [0.5, 0.6) is 0 Å². The highest BCUT2D eigenvalue weighted by molar-refractivity contribution is 5.85. The first-order valence-corrected chi connectivity index (χ1v) is 3.76. The van der Waals surface area contributed by atoms with Crippen molar-refractivity contribution in [3.05, 3.63) is 0 Å². The zero-order valence-corrected chi connectivity index (χ0v) is 5.96. The van der Waals surface area contributed by atoms with Crippen LogP contribution in [0.15, 0.2) is 0 Å². The van der Waals surface area contributed by atoms with Crippen molar-refractivity contribution in [2.24, 2.45) is 17.8 Å². The molecule has 11 heavy (non-hydrogen) atoms. The quantitative estimate of drug-likeness (QED) is 0.560. The molecule has 2 N–H and O–H groups in total. The lowest BCUT2D eigenvalue weighted by Gasteiger charge is -2.10. The molecule has 0 bridgehead atoms. The fourth-order valence-electron chi connectivity index (χ4n) is 2.06. The van der Waals surface area contributed by atoms with Crippen LogP contribution in [0.1, 0.15) is 0 Å². The minimum atomic E-state index is -0.431. The molecular weight excluding hydrogens is 149 g/mol. The van der Waals surface area contributed by atoms with Gasteiger partial charge >= 0.3 is 0 Å². The zero-order chi connectivity index (χ0) is 8.01. The second-order valence-electron chi connectivity index (χ2n) is 3.22. The zero-order valence-electron chi connectivity index (χ0n) is 5.96. The van der Waals surface area contributed by atoms with E-state index in [2.05, 4.69) is 5.32 Å². The molecule has 0 radical (unpaired) electrons. The lowest BCUT2D eigenvalue weighted by Crippen LogP contribution is -2.35. The molecule has 1 amide bonds. The number of halogens is 1. The Bertz CT molecular complexity index is 197. The summed E-state index contributed by atoms with van der Waals surface area (Å²) < 4.78 is 12.1. The number of piperidine rings is 1. The normalized spacial score (nSPS) is 46.9. The monoisotopic (exact) mass is 159 g/mol. The van der Waals surface area contributed by atoms with Crippen LogP contribution < -0.4 is 5.32 Å². The summed E-state index contributed by atoms with van der Waals surface area (Å²) in [7, 11) is 0. The number of alkyl halides is 1. The van der Waals surface area contributed by atoms with Crippen LogP contribution in [0.3, 0.4) is 0 Å². The average molecular weight is 159 g/mol. The Morgan fingerprint density at radius 2 is 2.36 bits per heavy atom. The van der Waals surface area contributed by atoms with E-state index >= 15 is 0 Å². The van der Waals surface area contributed by atoms with E-state index in [0.717, 1.165) is 0 Å². The highest BCUT2D eigenvalue weighted by Gasteiger charge is 2.62. The van der Waals surface area contributed by atoms with Crippen molar-refractivity contribution in [2.75, 3.05) is 13.3 Å². The molecule has 0 aromatic heterocycles. The molecule has 1 heterocycles. The summed E-state index contributed by atoms with van der Waals surface area (Å²) in [6.07, 6.45) is 0. The maximum Gasteiger partial charge on any atom is 0.224 e. The summed E-state index contributed by atoms with van der Waals surface area (Å²) in [6.45, 7) is -0.497. The Hall–Kier alpha value is -0.640. The maximum atomic E-state index is 12.1. The molecule has 0 aromatic carbocycles. The largest absolute Gasteiger partial charge is 0.394 e. The topological polar surface area (TPSA) is 49.3 Å².